The van der Waals surface area contributed by atoms with E-state index >= 15 is 0 Å². The topological polar surface area (TPSA) is 66.9 Å². The van der Waals surface area contributed by atoms with Gasteiger partial charge in [0, 0.05) is 13.2 Å². The van der Waals surface area contributed by atoms with Crippen molar-refractivity contribution in [3.63, 3.8) is 0 Å². The molecule has 2 N–H and O–H groups in total. The van der Waals surface area contributed by atoms with Gasteiger partial charge in [-0.15, -0.1) is 0 Å². The van der Waals surface area contributed by atoms with Crippen LogP contribution in [-0.4, -0.2) is 29.5 Å². The molecule has 0 unspecified atom stereocenters. The van der Waals surface area contributed by atoms with Crippen molar-refractivity contribution in [2.45, 2.75) is 0 Å². The molecular formula is C7H9BrN4O. The minimum Gasteiger partial charge on any atom is -0.360 e. The van der Waals surface area contributed by atoms with Crippen molar-refractivity contribution < 1.29 is 4.79 Å². The van der Waals surface area contributed by atoms with Crippen LogP contribution in [0, 0.1) is 0 Å². The van der Waals surface area contributed by atoms with E-state index in [0.717, 1.165) is 4.47 Å². The lowest BCUT2D eigenvalue weighted by molar-refractivity contribution is -0.118. The smallest absolute Gasteiger partial charge is 0.239 e. The van der Waals surface area contributed by atoms with Crippen LogP contribution < -0.4 is 10.6 Å². The second-order valence-corrected chi connectivity index (χ2v) is 3.10. The van der Waals surface area contributed by atoms with Gasteiger partial charge in [0.05, 0.1) is 11.0 Å². The Bertz CT molecular complexity index is 304. The molecule has 0 bridgehead atoms. The molecule has 70 valence electrons. The number of nitrogens with zero attached hydrogens (tertiary/aromatic N) is 2. The summed E-state index contributed by atoms with van der Waals surface area (Å²) in [5, 5.41) is 5.35. The minimum atomic E-state index is -0.0921. The molecule has 5 nitrogen and oxygen atoms in total. The zero-order chi connectivity index (χ0) is 9.68. The Kier molecular flexibility index (Phi) is 3.63. The number of anilines is 1. The third kappa shape index (κ3) is 2.98. The first kappa shape index (κ1) is 9.91. The van der Waals surface area contributed by atoms with Gasteiger partial charge in [-0.3, -0.25) is 4.79 Å². The van der Waals surface area contributed by atoms with Crippen molar-refractivity contribution in [2.75, 3.05) is 18.9 Å². The van der Waals surface area contributed by atoms with Gasteiger partial charge in [-0.1, -0.05) is 0 Å². The van der Waals surface area contributed by atoms with Gasteiger partial charge in [0.2, 0.25) is 5.91 Å². The molecule has 0 radical (unpaired) electrons. The fourth-order valence-electron chi connectivity index (χ4n) is 0.695. The third-order valence-electron chi connectivity index (χ3n) is 1.36. The van der Waals surface area contributed by atoms with Crippen molar-refractivity contribution >= 4 is 27.7 Å². The molecule has 0 aliphatic rings. The summed E-state index contributed by atoms with van der Waals surface area (Å²) in [6.07, 6.45) is 3.02. The highest BCUT2D eigenvalue weighted by Crippen LogP contribution is 2.16. The van der Waals surface area contributed by atoms with Gasteiger partial charge in [-0.2, -0.15) is 0 Å². The largest absolute Gasteiger partial charge is 0.360 e. The van der Waals surface area contributed by atoms with Gasteiger partial charge < -0.3 is 10.6 Å². The van der Waals surface area contributed by atoms with Crippen LogP contribution in [-0.2, 0) is 4.79 Å². The molecule has 0 aliphatic carbocycles. The predicted octanol–water partition coefficient (Wildman–Crippen LogP) is 0.397. The zero-order valence-electron chi connectivity index (χ0n) is 7.04. The highest BCUT2D eigenvalue weighted by atomic mass is 79.9. The summed E-state index contributed by atoms with van der Waals surface area (Å²) in [7, 11) is 1.58. The molecule has 1 aromatic heterocycles. The summed E-state index contributed by atoms with van der Waals surface area (Å²) >= 11 is 3.25. The molecule has 0 fully saturated rings. The molecule has 0 spiro atoms. The van der Waals surface area contributed by atoms with E-state index in [0.29, 0.717) is 5.82 Å². The molecule has 0 saturated carbocycles. The third-order valence-corrected chi connectivity index (χ3v) is 1.94. The Labute approximate surface area is 84.1 Å². The van der Waals surface area contributed by atoms with E-state index in [4.69, 9.17) is 0 Å². The number of rotatable bonds is 3. The van der Waals surface area contributed by atoms with E-state index in [1.165, 1.54) is 6.33 Å². The number of hydrogen-bond donors (Lipinski definition) is 2. The van der Waals surface area contributed by atoms with Crippen molar-refractivity contribution in [1.82, 2.24) is 15.3 Å². The van der Waals surface area contributed by atoms with Crippen LogP contribution in [0.25, 0.3) is 0 Å². The second-order valence-electron chi connectivity index (χ2n) is 2.25. The van der Waals surface area contributed by atoms with E-state index in [9.17, 15) is 4.79 Å². The standard InChI is InChI=1S/C7H9BrN4O/c1-9-6(13)3-11-7-5(8)2-10-4-12-7/h2,4H,3H2,1H3,(H,9,13)(H,10,11,12). The average Bonchev–Trinajstić information content (AvgIpc) is 2.16. The number of carbonyl (C=O) groups is 1. The number of halogens is 1. The first-order valence-electron chi connectivity index (χ1n) is 3.64. The van der Waals surface area contributed by atoms with E-state index in [1.54, 1.807) is 13.2 Å². The lowest BCUT2D eigenvalue weighted by Crippen LogP contribution is -2.26. The maximum absolute atomic E-state index is 10.9. The van der Waals surface area contributed by atoms with E-state index in [-0.39, 0.29) is 12.5 Å². The summed E-state index contributed by atoms with van der Waals surface area (Å²) in [5.41, 5.74) is 0. The summed E-state index contributed by atoms with van der Waals surface area (Å²) in [5.74, 6) is 0.518. The van der Waals surface area contributed by atoms with Crippen molar-refractivity contribution in [3.8, 4) is 0 Å². The number of aromatic nitrogens is 2. The van der Waals surface area contributed by atoms with E-state index in [1.807, 2.05) is 0 Å². The van der Waals surface area contributed by atoms with Crippen molar-refractivity contribution in [3.05, 3.63) is 17.0 Å². The second kappa shape index (κ2) is 4.76. The zero-order valence-corrected chi connectivity index (χ0v) is 8.63. The number of amides is 1. The Morgan fingerprint density at radius 2 is 2.46 bits per heavy atom. The highest BCUT2D eigenvalue weighted by molar-refractivity contribution is 9.10. The molecule has 1 heterocycles. The SMILES string of the molecule is CNC(=O)CNc1ncncc1Br. The Morgan fingerprint density at radius 1 is 1.69 bits per heavy atom. The highest BCUT2D eigenvalue weighted by Gasteiger charge is 2.01. The first-order valence-corrected chi connectivity index (χ1v) is 4.43. The van der Waals surface area contributed by atoms with Crippen LogP contribution in [0.4, 0.5) is 5.82 Å². The fraction of sp³-hybridized carbons (Fsp3) is 0.286. The molecular weight excluding hydrogens is 236 g/mol. The Balaban J connectivity index is 2.54. The molecule has 0 atom stereocenters. The quantitative estimate of drug-likeness (QED) is 0.808. The van der Waals surface area contributed by atoms with Crippen LogP contribution >= 0.6 is 15.9 Å². The molecule has 1 aromatic rings. The molecule has 6 heteroatoms. The number of carbonyl (C=O) groups excluding carboxylic acids is 1. The van der Waals surface area contributed by atoms with Gasteiger partial charge in [0.25, 0.3) is 0 Å². The van der Waals surface area contributed by atoms with Crippen LogP contribution in [0.2, 0.25) is 0 Å². The molecule has 1 amide bonds. The summed E-state index contributed by atoms with van der Waals surface area (Å²) < 4.78 is 0.735. The van der Waals surface area contributed by atoms with Gasteiger partial charge in [0.1, 0.15) is 12.1 Å². The Hall–Kier alpha value is -1.17. The van der Waals surface area contributed by atoms with Gasteiger partial charge in [-0.05, 0) is 15.9 Å². The van der Waals surface area contributed by atoms with Gasteiger partial charge in [-0.25, -0.2) is 9.97 Å². The molecule has 0 aromatic carbocycles. The lowest BCUT2D eigenvalue weighted by atomic mass is 10.5. The van der Waals surface area contributed by atoms with Crippen LogP contribution in [0.1, 0.15) is 0 Å². The maximum Gasteiger partial charge on any atom is 0.239 e. The lowest BCUT2D eigenvalue weighted by Gasteiger charge is -2.04. The van der Waals surface area contributed by atoms with Crippen molar-refractivity contribution in [1.29, 1.82) is 0 Å². The monoisotopic (exact) mass is 244 g/mol. The summed E-state index contributed by atoms with van der Waals surface area (Å²) in [6.45, 7) is 0.201. The first-order chi connectivity index (χ1) is 6.24. The minimum absolute atomic E-state index is 0.0921. The normalized spacial score (nSPS) is 9.38. The van der Waals surface area contributed by atoms with E-state index < -0.39 is 0 Å². The summed E-state index contributed by atoms with van der Waals surface area (Å²) in [4.78, 5) is 18.6. The van der Waals surface area contributed by atoms with Gasteiger partial charge >= 0.3 is 0 Å². The molecule has 1 rings (SSSR count). The average molecular weight is 245 g/mol. The Morgan fingerprint density at radius 3 is 3.08 bits per heavy atom. The molecule has 0 aliphatic heterocycles. The number of hydrogen-bond acceptors (Lipinski definition) is 4. The van der Waals surface area contributed by atoms with Crippen LogP contribution in [0.5, 0.6) is 0 Å². The van der Waals surface area contributed by atoms with E-state index in [2.05, 4.69) is 36.5 Å². The fourth-order valence-corrected chi connectivity index (χ4v) is 1.06. The molecule has 0 saturated heterocycles. The number of likely N-dealkylation sites (N-methyl/N-ethyl adjacent to an activating group) is 1. The number of nitrogens with one attached hydrogen (secondary N) is 2. The van der Waals surface area contributed by atoms with Crippen LogP contribution in [0.15, 0.2) is 17.0 Å². The van der Waals surface area contributed by atoms with Gasteiger partial charge in [0.15, 0.2) is 0 Å². The summed E-state index contributed by atoms with van der Waals surface area (Å²) in [6, 6.07) is 0. The maximum atomic E-state index is 10.9. The predicted molar refractivity (Wildman–Crippen MR) is 52.3 cm³/mol. The van der Waals surface area contributed by atoms with Crippen molar-refractivity contribution in [2.24, 2.45) is 0 Å². The molecule has 13 heavy (non-hydrogen) atoms. The van der Waals surface area contributed by atoms with Crippen LogP contribution in [0.3, 0.4) is 0 Å².